The third-order valence-electron chi connectivity index (χ3n) is 3.02. The van der Waals surface area contributed by atoms with Crippen molar-refractivity contribution in [2.24, 2.45) is 0 Å². The number of carbonyl (C=O) groups excluding carboxylic acids is 3. The number of para-hydroxylation sites is 1. The Bertz CT molecular complexity index is 522. The molecule has 6 heteroatoms. The smallest absolute Gasteiger partial charge is 0.316 e. The minimum atomic E-state index is -0.907. The zero-order valence-corrected chi connectivity index (χ0v) is 10.4. The minimum Gasteiger partial charge on any atom is -0.398 e. The van der Waals surface area contributed by atoms with Gasteiger partial charge in [-0.25, -0.2) is 0 Å². The maximum Gasteiger partial charge on any atom is 0.316 e. The van der Waals surface area contributed by atoms with Crippen molar-refractivity contribution in [1.82, 2.24) is 10.2 Å². The molecule has 0 unspecified atom stereocenters. The lowest BCUT2D eigenvalue weighted by Gasteiger charge is -2.14. The summed E-state index contributed by atoms with van der Waals surface area (Å²) < 4.78 is 0. The van der Waals surface area contributed by atoms with Gasteiger partial charge >= 0.3 is 11.8 Å². The molecule has 0 saturated carbocycles. The highest BCUT2D eigenvalue weighted by Crippen LogP contribution is 2.10. The van der Waals surface area contributed by atoms with E-state index in [1.165, 1.54) is 11.0 Å². The van der Waals surface area contributed by atoms with E-state index in [0.717, 1.165) is 12.8 Å². The summed E-state index contributed by atoms with van der Waals surface area (Å²) in [5, 5.41) is 2.06. The second-order valence-corrected chi connectivity index (χ2v) is 4.37. The van der Waals surface area contributed by atoms with Crippen molar-refractivity contribution in [3.8, 4) is 0 Å². The summed E-state index contributed by atoms with van der Waals surface area (Å²) >= 11 is 0. The molecule has 3 amide bonds. The van der Waals surface area contributed by atoms with Crippen LogP contribution in [0.1, 0.15) is 23.2 Å². The Kier molecular flexibility index (Phi) is 3.79. The van der Waals surface area contributed by atoms with Gasteiger partial charge in [0.05, 0.1) is 5.56 Å². The fourth-order valence-electron chi connectivity index (χ4n) is 1.99. The number of benzene rings is 1. The molecule has 19 heavy (non-hydrogen) atoms. The lowest BCUT2D eigenvalue weighted by atomic mass is 10.1. The first-order valence-corrected chi connectivity index (χ1v) is 6.08. The highest BCUT2D eigenvalue weighted by atomic mass is 16.2. The second-order valence-electron chi connectivity index (χ2n) is 4.37. The van der Waals surface area contributed by atoms with Crippen molar-refractivity contribution in [3.63, 3.8) is 0 Å². The van der Waals surface area contributed by atoms with E-state index in [2.05, 4.69) is 5.32 Å². The topological polar surface area (TPSA) is 92.5 Å². The molecule has 2 rings (SSSR count). The fraction of sp³-hybridized carbons (Fsp3) is 0.308. The van der Waals surface area contributed by atoms with E-state index < -0.39 is 17.7 Å². The summed E-state index contributed by atoms with van der Waals surface area (Å²) in [6.07, 6.45) is 1.77. The van der Waals surface area contributed by atoms with Crippen LogP contribution in [0, 0.1) is 0 Å². The maximum atomic E-state index is 11.8. The SMILES string of the molecule is Nc1ccccc1C(=O)NC(=O)C(=O)N1CCCC1. The largest absolute Gasteiger partial charge is 0.398 e. The summed E-state index contributed by atoms with van der Waals surface area (Å²) in [5.41, 5.74) is 6.08. The first-order chi connectivity index (χ1) is 9.09. The van der Waals surface area contributed by atoms with Gasteiger partial charge in [0.1, 0.15) is 0 Å². The van der Waals surface area contributed by atoms with E-state index in [0.29, 0.717) is 13.1 Å². The quantitative estimate of drug-likeness (QED) is 0.556. The molecule has 1 heterocycles. The molecule has 1 saturated heterocycles. The number of hydrogen-bond donors (Lipinski definition) is 2. The van der Waals surface area contributed by atoms with Gasteiger partial charge in [0.15, 0.2) is 0 Å². The number of likely N-dealkylation sites (tertiary alicyclic amines) is 1. The van der Waals surface area contributed by atoms with Crippen molar-refractivity contribution in [2.45, 2.75) is 12.8 Å². The number of anilines is 1. The summed E-state index contributed by atoms with van der Waals surface area (Å²) in [6.45, 7) is 1.13. The Morgan fingerprint density at radius 3 is 2.37 bits per heavy atom. The molecule has 1 aromatic carbocycles. The Morgan fingerprint density at radius 2 is 1.74 bits per heavy atom. The number of nitrogens with one attached hydrogen (secondary N) is 1. The molecular formula is C13H15N3O3. The van der Waals surface area contributed by atoms with Crippen molar-refractivity contribution < 1.29 is 14.4 Å². The first kappa shape index (κ1) is 13.1. The van der Waals surface area contributed by atoms with Crippen molar-refractivity contribution in [2.75, 3.05) is 18.8 Å². The molecule has 0 aromatic heterocycles. The number of nitrogen functional groups attached to an aromatic ring is 1. The fourth-order valence-corrected chi connectivity index (χ4v) is 1.99. The number of nitrogens with two attached hydrogens (primary N) is 1. The molecule has 3 N–H and O–H groups in total. The average Bonchev–Trinajstić information content (AvgIpc) is 2.92. The maximum absolute atomic E-state index is 11.8. The zero-order chi connectivity index (χ0) is 13.8. The third kappa shape index (κ3) is 2.90. The molecule has 6 nitrogen and oxygen atoms in total. The summed E-state index contributed by atoms with van der Waals surface area (Å²) in [6, 6.07) is 6.38. The van der Waals surface area contributed by atoms with Crippen LogP contribution in [0.15, 0.2) is 24.3 Å². The van der Waals surface area contributed by atoms with Gasteiger partial charge in [0.25, 0.3) is 5.91 Å². The van der Waals surface area contributed by atoms with E-state index >= 15 is 0 Å². The molecule has 1 aliphatic rings. The van der Waals surface area contributed by atoms with Crippen molar-refractivity contribution >= 4 is 23.4 Å². The number of imide groups is 1. The van der Waals surface area contributed by atoms with E-state index in [9.17, 15) is 14.4 Å². The third-order valence-corrected chi connectivity index (χ3v) is 3.02. The van der Waals surface area contributed by atoms with Gasteiger partial charge in [0, 0.05) is 18.8 Å². The van der Waals surface area contributed by atoms with Gasteiger partial charge in [-0.3, -0.25) is 19.7 Å². The highest BCUT2D eigenvalue weighted by Gasteiger charge is 2.26. The van der Waals surface area contributed by atoms with E-state index in [1.54, 1.807) is 18.2 Å². The van der Waals surface area contributed by atoms with Crippen LogP contribution >= 0.6 is 0 Å². The number of rotatable bonds is 1. The van der Waals surface area contributed by atoms with Crippen molar-refractivity contribution in [1.29, 1.82) is 0 Å². The van der Waals surface area contributed by atoms with Gasteiger partial charge < -0.3 is 10.6 Å². The van der Waals surface area contributed by atoms with Crippen LogP contribution in [0.3, 0.4) is 0 Å². The summed E-state index contributed by atoms with van der Waals surface area (Å²) in [7, 11) is 0. The Morgan fingerprint density at radius 1 is 1.11 bits per heavy atom. The van der Waals surface area contributed by atoms with E-state index in [1.807, 2.05) is 0 Å². The molecule has 1 aromatic rings. The normalized spacial score (nSPS) is 14.2. The number of hydrogen-bond acceptors (Lipinski definition) is 4. The minimum absolute atomic E-state index is 0.185. The molecule has 0 radical (unpaired) electrons. The molecule has 0 bridgehead atoms. The van der Waals surface area contributed by atoms with Crippen LogP contribution in [0.5, 0.6) is 0 Å². The molecule has 0 aliphatic carbocycles. The lowest BCUT2D eigenvalue weighted by molar-refractivity contribution is -0.144. The molecular weight excluding hydrogens is 246 g/mol. The first-order valence-electron chi connectivity index (χ1n) is 6.08. The predicted molar refractivity (Wildman–Crippen MR) is 69.1 cm³/mol. The van der Waals surface area contributed by atoms with Gasteiger partial charge in [0.2, 0.25) is 0 Å². The number of carbonyl (C=O) groups is 3. The molecule has 1 fully saturated rings. The van der Waals surface area contributed by atoms with Crippen LogP contribution in [-0.2, 0) is 9.59 Å². The highest BCUT2D eigenvalue weighted by molar-refractivity contribution is 6.38. The molecule has 1 aliphatic heterocycles. The van der Waals surface area contributed by atoms with Crippen molar-refractivity contribution in [3.05, 3.63) is 29.8 Å². The van der Waals surface area contributed by atoms with Crippen LogP contribution in [0.2, 0.25) is 0 Å². The number of nitrogens with zero attached hydrogens (tertiary/aromatic N) is 1. The number of amides is 3. The lowest BCUT2D eigenvalue weighted by Crippen LogP contribution is -2.44. The Hall–Kier alpha value is -2.37. The molecule has 0 spiro atoms. The predicted octanol–water partition coefficient (Wildman–Crippen LogP) is 0.148. The second kappa shape index (κ2) is 5.51. The van der Waals surface area contributed by atoms with Crippen LogP contribution in [-0.4, -0.2) is 35.7 Å². The Labute approximate surface area is 110 Å². The Balaban J connectivity index is 2.01. The van der Waals surface area contributed by atoms with Gasteiger partial charge in [-0.2, -0.15) is 0 Å². The van der Waals surface area contributed by atoms with E-state index in [4.69, 9.17) is 5.73 Å². The van der Waals surface area contributed by atoms with Gasteiger partial charge in [-0.1, -0.05) is 12.1 Å². The molecule has 100 valence electrons. The molecule has 0 atom stereocenters. The van der Waals surface area contributed by atoms with Gasteiger partial charge in [-0.15, -0.1) is 0 Å². The average molecular weight is 261 g/mol. The van der Waals surface area contributed by atoms with Crippen LogP contribution < -0.4 is 11.1 Å². The zero-order valence-electron chi connectivity index (χ0n) is 10.4. The standard InChI is InChI=1S/C13H15N3O3/c14-10-6-2-1-5-9(10)11(17)15-12(18)13(19)16-7-3-4-8-16/h1-2,5-6H,3-4,7-8,14H2,(H,15,17,18). The van der Waals surface area contributed by atoms with E-state index in [-0.39, 0.29) is 11.3 Å². The monoisotopic (exact) mass is 261 g/mol. The van der Waals surface area contributed by atoms with Gasteiger partial charge in [-0.05, 0) is 25.0 Å². The van der Waals surface area contributed by atoms with Crippen LogP contribution in [0.25, 0.3) is 0 Å². The summed E-state index contributed by atoms with van der Waals surface area (Å²) in [5.74, 6) is -2.23. The van der Waals surface area contributed by atoms with Crippen LogP contribution in [0.4, 0.5) is 5.69 Å². The summed E-state index contributed by atoms with van der Waals surface area (Å²) in [4.78, 5) is 36.6.